The van der Waals surface area contributed by atoms with Crippen LogP contribution in [0, 0.1) is 0 Å². The summed E-state index contributed by atoms with van der Waals surface area (Å²) in [6, 6.07) is 0.338. The van der Waals surface area contributed by atoms with Crippen molar-refractivity contribution < 1.29 is 4.79 Å². The first-order chi connectivity index (χ1) is 6.70. The third kappa shape index (κ3) is 8.30. The Hall–Kier alpha value is -0.310. The number of carbonyl (C=O) groups excluding carboxylic acids is 1. The van der Waals surface area contributed by atoms with E-state index >= 15 is 0 Å². The Kier molecular flexibility index (Phi) is 9.05. The molecule has 14 heavy (non-hydrogen) atoms. The van der Waals surface area contributed by atoms with Gasteiger partial charge in [-0.25, -0.2) is 4.79 Å². The van der Waals surface area contributed by atoms with Crippen LogP contribution in [0.4, 0.5) is 0 Å². The summed E-state index contributed by atoms with van der Waals surface area (Å²) < 4.78 is 0.529. The van der Waals surface area contributed by atoms with Crippen molar-refractivity contribution in [2.75, 3.05) is 0 Å². The maximum atomic E-state index is 9.98. The fourth-order valence-corrected chi connectivity index (χ4v) is 1.61. The normalized spacial score (nSPS) is 11.6. The van der Waals surface area contributed by atoms with Gasteiger partial charge in [0.2, 0.25) is 0 Å². The Morgan fingerprint density at radius 1 is 1.64 bits per heavy atom. The van der Waals surface area contributed by atoms with Gasteiger partial charge in [0, 0.05) is 6.04 Å². The lowest BCUT2D eigenvalue weighted by molar-refractivity contribution is 0.507. The molecule has 0 rings (SSSR count). The van der Waals surface area contributed by atoms with Crippen LogP contribution >= 0.6 is 24.8 Å². The monoisotopic (exact) mass is 231 g/mol. The summed E-state index contributed by atoms with van der Waals surface area (Å²) in [7, 11) is 0. The SMILES string of the molecule is CCCCC(CCC=C=O)NC(=S)S. The van der Waals surface area contributed by atoms with Crippen LogP contribution in [-0.4, -0.2) is 16.3 Å². The van der Waals surface area contributed by atoms with Gasteiger partial charge in [-0.1, -0.05) is 32.0 Å². The molecule has 2 nitrogen and oxygen atoms in total. The van der Waals surface area contributed by atoms with Crippen molar-refractivity contribution in [2.45, 2.75) is 45.1 Å². The molecule has 0 amide bonds. The molecule has 0 saturated carbocycles. The van der Waals surface area contributed by atoms with Crippen molar-refractivity contribution in [3.63, 3.8) is 0 Å². The van der Waals surface area contributed by atoms with E-state index in [0.717, 1.165) is 19.3 Å². The molecule has 0 aromatic rings. The topological polar surface area (TPSA) is 29.1 Å². The van der Waals surface area contributed by atoms with Gasteiger partial charge in [-0.3, -0.25) is 0 Å². The van der Waals surface area contributed by atoms with Crippen molar-refractivity contribution in [2.24, 2.45) is 0 Å². The second kappa shape index (κ2) is 9.25. The molecule has 0 saturated heterocycles. The molecule has 0 spiro atoms. The zero-order chi connectivity index (χ0) is 10.8. The van der Waals surface area contributed by atoms with E-state index in [9.17, 15) is 4.79 Å². The number of hydrogen-bond donors (Lipinski definition) is 2. The van der Waals surface area contributed by atoms with Gasteiger partial charge < -0.3 is 5.32 Å². The van der Waals surface area contributed by atoms with Gasteiger partial charge in [-0.15, -0.1) is 12.6 Å². The lowest BCUT2D eigenvalue weighted by Gasteiger charge is -2.17. The first-order valence-electron chi connectivity index (χ1n) is 4.89. The predicted octanol–water partition coefficient (Wildman–Crippen LogP) is 2.52. The molecule has 0 fully saturated rings. The molecule has 1 atom stereocenters. The maximum Gasteiger partial charge on any atom is 0.130 e. The molecule has 0 aromatic carbocycles. The fraction of sp³-hybridized carbons (Fsp3) is 0.700. The lowest BCUT2D eigenvalue weighted by atomic mass is 10.1. The summed E-state index contributed by atoms with van der Waals surface area (Å²) in [5, 5.41) is 3.12. The largest absolute Gasteiger partial charge is 0.368 e. The summed E-state index contributed by atoms with van der Waals surface area (Å²) in [5.74, 6) is 1.78. The highest BCUT2D eigenvalue weighted by molar-refractivity contribution is 8.11. The van der Waals surface area contributed by atoms with E-state index in [2.05, 4.69) is 24.9 Å². The van der Waals surface area contributed by atoms with E-state index < -0.39 is 0 Å². The fourth-order valence-electron chi connectivity index (χ4n) is 1.26. The van der Waals surface area contributed by atoms with Gasteiger partial charge >= 0.3 is 0 Å². The Bertz CT molecular complexity index is 212. The quantitative estimate of drug-likeness (QED) is 0.401. The lowest BCUT2D eigenvalue weighted by Crippen LogP contribution is -2.30. The van der Waals surface area contributed by atoms with Crippen molar-refractivity contribution in [1.82, 2.24) is 5.32 Å². The minimum Gasteiger partial charge on any atom is -0.368 e. The van der Waals surface area contributed by atoms with Crippen molar-refractivity contribution in [3.8, 4) is 0 Å². The van der Waals surface area contributed by atoms with Crippen LogP contribution in [0.3, 0.4) is 0 Å². The molecule has 0 aliphatic heterocycles. The van der Waals surface area contributed by atoms with Crippen molar-refractivity contribution in [1.29, 1.82) is 0 Å². The molecule has 0 heterocycles. The van der Waals surface area contributed by atoms with Crippen LogP contribution in [0.1, 0.15) is 39.0 Å². The number of nitrogens with one attached hydrogen (secondary N) is 1. The molecule has 0 bridgehead atoms. The number of allylic oxidation sites excluding steroid dienone is 1. The van der Waals surface area contributed by atoms with Crippen LogP contribution < -0.4 is 5.32 Å². The minimum absolute atomic E-state index is 0.338. The molecule has 1 unspecified atom stereocenters. The number of hydrogen-bond acceptors (Lipinski definition) is 2. The summed E-state index contributed by atoms with van der Waals surface area (Å²) in [6.07, 6.45) is 6.59. The van der Waals surface area contributed by atoms with E-state index in [0.29, 0.717) is 10.4 Å². The highest BCUT2D eigenvalue weighted by atomic mass is 32.1. The summed E-state index contributed by atoms with van der Waals surface area (Å²) in [5.41, 5.74) is 0. The number of rotatable bonds is 7. The molecule has 1 N–H and O–H groups in total. The summed E-state index contributed by atoms with van der Waals surface area (Å²) in [4.78, 5) is 9.98. The number of thiol groups is 1. The Morgan fingerprint density at radius 3 is 2.86 bits per heavy atom. The smallest absolute Gasteiger partial charge is 0.130 e. The predicted molar refractivity (Wildman–Crippen MR) is 67.5 cm³/mol. The van der Waals surface area contributed by atoms with E-state index in [1.807, 2.05) is 0 Å². The molecule has 0 radical (unpaired) electrons. The highest BCUT2D eigenvalue weighted by Gasteiger charge is 2.06. The first-order valence-corrected chi connectivity index (χ1v) is 5.75. The highest BCUT2D eigenvalue weighted by Crippen LogP contribution is 2.07. The van der Waals surface area contributed by atoms with E-state index in [1.165, 1.54) is 18.9 Å². The molecular weight excluding hydrogens is 214 g/mol. The zero-order valence-electron chi connectivity index (χ0n) is 8.45. The van der Waals surface area contributed by atoms with Gasteiger partial charge in [-0.2, -0.15) is 0 Å². The standard InChI is InChI=1S/C10H17NOS2/c1-2-3-6-9(11-10(13)14)7-4-5-8-12/h5,9H,2-4,6-7H2,1H3,(H2,11,13,14). The molecule has 80 valence electrons. The summed E-state index contributed by atoms with van der Waals surface area (Å²) >= 11 is 8.90. The first kappa shape index (κ1) is 13.7. The van der Waals surface area contributed by atoms with Crippen LogP contribution in [0.2, 0.25) is 0 Å². The van der Waals surface area contributed by atoms with Crippen LogP contribution in [-0.2, 0) is 4.79 Å². The van der Waals surface area contributed by atoms with Gasteiger partial charge in [-0.05, 0) is 25.3 Å². The molecule has 0 aliphatic carbocycles. The molecular formula is C10H17NOS2. The maximum absolute atomic E-state index is 9.98. The number of thiocarbonyl (C=S) groups is 1. The number of unbranched alkanes of at least 4 members (excludes halogenated alkanes) is 1. The van der Waals surface area contributed by atoms with E-state index in [4.69, 9.17) is 12.2 Å². The Labute approximate surface area is 96.6 Å². The second-order valence-electron chi connectivity index (χ2n) is 3.19. The van der Waals surface area contributed by atoms with E-state index in [-0.39, 0.29) is 0 Å². The zero-order valence-corrected chi connectivity index (χ0v) is 10.2. The van der Waals surface area contributed by atoms with Gasteiger partial charge in [0.25, 0.3) is 0 Å². The molecule has 0 aromatic heterocycles. The minimum atomic E-state index is 0.338. The van der Waals surface area contributed by atoms with Crippen LogP contribution in [0.25, 0.3) is 0 Å². The average Bonchev–Trinajstić information content (AvgIpc) is 2.13. The second-order valence-corrected chi connectivity index (χ2v) is 4.35. The van der Waals surface area contributed by atoms with Gasteiger partial charge in [0.15, 0.2) is 0 Å². The average molecular weight is 231 g/mol. The van der Waals surface area contributed by atoms with Crippen LogP contribution in [0.5, 0.6) is 0 Å². The molecule has 0 aliphatic rings. The third-order valence-electron chi connectivity index (χ3n) is 1.98. The van der Waals surface area contributed by atoms with Gasteiger partial charge in [0.1, 0.15) is 10.3 Å². The van der Waals surface area contributed by atoms with Gasteiger partial charge in [0.05, 0.1) is 0 Å². The van der Waals surface area contributed by atoms with Crippen molar-refractivity contribution >= 4 is 35.1 Å². The Balaban J connectivity index is 3.83. The Morgan fingerprint density at radius 2 is 2.36 bits per heavy atom. The van der Waals surface area contributed by atoms with E-state index in [1.54, 1.807) is 5.94 Å². The van der Waals surface area contributed by atoms with Crippen molar-refractivity contribution in [3.05, 3.63) is 6.08 Å². The summed E-state index contributed by atoms with van der Waals surface area (Å²) in [6.45, 7) is 2.15. The third-order valence-corrected chi connectivity index (χ3v) is 2.22. The van der Waals surface area contributed by atoms with Crippen LogP contribution in [0.15, 0.2) is 6.08 Å². The molecule has 4 heteroatoms.